The molecule has 0 fully saturated rings. The van der Waals surface area contributed by atoms with E-state index in [1.54, 1.807) is 0 Å². The van der Waals surface area contributed by atoms with Gasteiger partial charge < -0.3 is 5.32 Å². The summed E-state index contributed by atoms with van der Waals surface area (Å²) in [5.74, 6) is 0. The lowest BCUT2D eigenvalue weighted by molar-refractivity contribution is 0.265. The highest BCUT2D eigenvalue weighted by atomic mass is 15.1. The van der Waals surface area contributed by atoms with Gasteiger partial charge in [-0.2, -0.15) is 5.26 Å². The molecule has 0 saturated heterocycles. The molecule has 3 nitrogen and oxygen atoms in total. The van der Waals surface area contributed by atoms with Crippen molar-refractivity contribution < 1.29 is 0 Å². The van der Waals surface area contributed by atoms with Crippen LogP contribution in [-0.2, 0) is 19.6 Å². The lowest BCUT2D eigenvalue weighted by atomic mass is 10.1. The van der Waals surface area contributed by atoms with Crippen LogP contribution in [0.2, 0.25) is 0 Å². The molecule has 3 heteroatoms. The Balaban J connectivity index is 1.93. The largest absolute Gasteiger partial charge is 0.309 e. The van der Waals surface area contributed by atoms with E-state index in [9.17, 15) is 0 Å². The Labute approximate surface area is 139 Å². The van der Waals surface area contributed by atoms with Crippen LogP contribution in [0.5, 0.6) is 0 Å². The van der Waals surface area contributed by atoms with E-state index in [-0.39, 0.29) is 0 Å². The number of nitrogens with one attached hydrogen (secondary N) is 1. The maximum Gasteiger partial charge on any atom is 0.0991 e. The minimum Gasteiger partial charge on any atom is -0.309 e. The predicted octanol–water partition coefficient (Wildman–Crippen LogP) is 3.69. The average Bonchev–Trinajstić information content (AvgIpc) is 2.57. The Bertz CT molecular complexity index is 653. The van der Waals surface area contributed by atoms with Crippen molar-refractivity contribution in [1.82, 2.24) is 10.2 Å². The van der Waals surface area contributed by atoms with Gasteiger partial charge in [0, 0.05) is 25.7 Å². The molecule has 0 aliphatic carbocycles. The van der Waals surface area contributed by atoms with Crippen LogP contribution in [0.1, 0.15) is 36.1 Å². The summed E-state index contributed by atoms with van der Waals surface area (Å²) in [6, 6.07) is 19.0. The summed E-state index contributed by atoms with van der Waals surface area (Å²) in [5, 5.41) is 12.3. The van der Waals surface area contributed by atoms with Crippen molar-refractivity contribution >= 4 is 0 Å². The number of benzene rings is 2. The Morgan fingerprint density at radius 3 is 2.26 bits per heavy atom. The van der Waals surface area contributed by atoms with Crippen LogP contribution >= 0.6 is 0 Å². The van der Waals surface area contributed by atoms with Gasteiger partial charge in [0.15, 0.2) is 0 Å². The molecule has 2 aromatic carbocycles. The molecular formula is C20H25N3. The van der Waals surface area contributed by atoms with Crippen LogP contribution in [0.4, 0.5) is 0 Å². The molecule has 23 heavy (non-hydrogen) atoms. The Kier molecular flexibility index (Phi) is 6.34. The van der Waals surface area contributed by atoms with E-state index in [4.69, 9.17) is 5.26 Å². The predicted molar refractivity (Wildman–Crippen MR) is 94.7 cm³/mol. The van der Waals surface area contributed by atoms with Gasteiger partial charge in [0.05, 0.1) is 11.6 Å². The molecule has 0 aliphatic heterocycles. The number of nitriles is 1. The number of hydrogen-bond donors (Lipinski definition) is 1. The summed E-state index contributed by atoms with van der Waals surface area (Å²) in [7, 11) is 2.16. The first-order valence-electron chi connectivity index (χ1n) is 8.07. The van der Waals surface area contributed by atoms with E-state index in [2.05, 4.69) is 61.4 Å². The summed E-state index contributed by atoms with van der Waals surface area (Å²) in [6.07, 6.45) is 0. The zero-order valence-electron chi connectivity index (χ0n) is 14.2. The molecule has 0 heterocycles. The van der Waals surface area contributed by atoms with Gasteiger partial charge in [-0.25, -0.2) is 0 Å². The SMILES string of the molecule is CC(C)N(C)Cc1ccccc1CNCc1ccc(C#N)cc1. The molecule has 0 saturated carbocycles. The topological polar surface area (TPSA) is 39.1 Å². The molecule has 0 aliphatic rings. The molecule has 1 N–H and O–H groups in total. The van der Waals surface area contributed by atoms with Crippen LogP contribution in [0.15, 0.2) is 48.5 Å². The Hall–Kier alpha value is -2.15. The second-order valence-corrected chi connectivity index (χ2v) is 6.19. The highest BCUT2D eigenvalue weighted by Crippen LogP contribution is 2.13. The summed E-state index contributed by atoms with van der Waals surface area (Å²) >= 11 is 0. The Morgan fingerprint density at radius 2 is 1.65 bits per heavy atom. The van der Waals surface area contributed by atoms with E-state index in [0.717, 1.165) is 19.6 Å². The maximum atomic E-state index is 8.83. The first kappa shape index (κ1) is 17.2. The van der Waals surface area contributed by atoms with Gasteiger partial charge in [0.2, 0.25) is 0 Å². The smallest absolute Gasteiger partial charge is 0.0991 e. The van der Waals surface area contributed by atoms with Gasteiger partial charge in [0.25, 0.3) is 0 Å². The second-order valence-electron chi connectivity index (χ2n) is 6.19. The molecule has 0 unspecified atom stereocenters. The van der Waals surface area contributed by atoms with Crippen LogP contribution in [0.3, 0.4) is 0 Å². The van der Waals surface area contributed by atoms with Crippen LogP contribution in [-0.4, -0.2) is 18.0 Å². The third-order valence-corrected chi connectivity index (χ3v) is 4.15. The van der Waals surface area contributed by atoms with Gasteiger partial charge in [-0.1, -0.05) is 36.4 Å². The highest BCUT2D eigenvalue weighted by molar-refractivity contribution is 5.32. The van der Waals surface area contributed by atoms with Crippen molar-refractivity contribution in [1.29, 1.82) is 5.26 Å². The molecular weight excluding hydrogens is 282 g/mol. The monoisotopic (exact) mass is 307 g/mol. The van der Waals surface area contributed by atoms with Gasteiger partial charge in [-0.3, -0.25) is 4.90 Å². The first-order chi connectivity index (χ1) is 11.1. The molecule has 0 spiro atoms. The molecule has 0 radical (unpaired) electrons. The standard InChI is InChI=1S/C20H25N3/c1-16(2)23(3)15-20-7-5-4-6-19(20)14-22-13-18-10-8-17(12-21)9-11-18/h4-11,16,22H,13-15H2,1-3H3. The average molecular weight is 307 g/mol. The van der Waals surface area contributed by atoms with E-state index in [0.29, 0.717) is 11.6 Å². The summed E-state index contributed by atoms with van der Waals surface area (Å²) in [6.45, 7) is 7.05. The lowest BCUT2D eigenvalue weighted by Gasteiger charge is -2.22. The minimum atomic E-state index is 0.537. The normalized spacial score (nSPS) is 11.0. The highest BCUT2D eigenvalue weighted by Gasteiger charge is 2.07. The van der Waals surface area contributed by atoms with Crippen LogP contribution in [0, 0.1) is 11.3 Å². The van der Waals surface area contributed by atoms with Gasteiger partial charge >= 0.3 is 0 Å². The van der Waals surface area contributed by atoms with Crippen LogP contribution < -0.4 is 5.32 Å². The molecule has 0 amide bonds. The molecule has 0 bridgehead atoms. The third kappa shape index (κ3) is 5.21. The number of nitrogens with zero attached hydrogens (tertiary/aromatic N) is 2. The van der Waals surface area contributed by atoms with Crippen molar-refractivity contribution in [3.8, 4) is 6.07 Å². The fourth-order valence-electron chi connectivity index (χ4n) is 2.37. The Morgan fingerprint density at radius 1 is 1.00 bits per heavy atom. The molecule has 0 atom stereocenters. The van der Waals surface area contributed by atoms with Crippen molar-refractivity contribution in [2.45, 2.75) is 39.5 Å². The number of rotatable bonds is 7. The second kappa shape index (κ2) is 8.47. The van der Waals surface area contributed by atoms with E-state index < -0.39 is 0 Å². The maximum absolute atomic E-state index is 8.83. The van der Waals surface area contributed by atoms with E-state index in [1.807, 2.05) is 24.3 Å². The van der Waals surface area contributed by atoms with Gasteiger partial charge in [0.1, 0.15) is 0 Å². The van der Waals surface area contributed by atoms with Crippen molar-refractivity contribution in [2.24, 2.45) is 0 Å². The van der Waals surface area contributed by atoms with Gasteiger partial charge in [-0.05, 0) is 49.7 Å². The van der Waals surface area contributed by atoms with Crippen molar-refractivity contribution in [3.05, 3.63) is 70.8 Å². The quantitative estimate of drug-likeness (QED) is 0.848. The molecule has 2 aromatic rings. The van der Waals surface area contributed by atoms with Crippen molar-refractivity contribution in [2.75, 3.05) is 7.05 Å². The minimum absolute atomic E-state index is 0.537. The lowest BCUT2D eigenvalue weighted by Crippen LogP contribution is -2.26. The van der Waals surface area contributed by atoms with E-state index in [1.165, 1.54) is 16.7 Å². The fraction of sp³-hybridized carbons (Fsp3) is 0.350. The third-order valence-electron chi connectivity index (χ3n) is 4.15. The molecule has 2 rings (SSSR count). The first-order valence-corrected chi connectivity index (χ1v) is 8.07. The summed E-state index contributed by atoms with van der Waals surface area (Å²) in [4.78, 5) is 2.35. The zero-order chi connectivity index (χ0) is 16.7. The molecule has 120 valence electrons. The van der Waals surface area contributed by atoms with Crippen LogP contribution in [0.25, 0.3) is 0 Å². The summed E-state index contributed by atoms with van der Waals surface area (Å²) in [5.41, 5.74) is 4.61. The molecule has 0 aromatic heterocycles. The summed E-state index contributed by atoms with van der Waals surface area (Å²) < 4.78 is 0. The fourth-order valence-corrected chi connectivity index (χ4v) is 2.37. The van der Waals surface area contributed by atoms with Gasteiger partial charge in [-0.15, -0.1) is 0 Å². The van der Waals surface area contributed by atoms with E-state index >= 15 is 0 Å². The zero-order valence-corrected chi connectivity index (χ0v) is 14.2. The van der Waals surface area contributed by atoms with Crippen molar-refractivity contribution in [3.63, 3.8) is 0 Å². The number of hydrogen-bond acceptors (Lipinski definition) is 3.